The van der Waals surface area contributed by atoms with Crippen LogP contribution in [-0.4, -0.2) is 6.67 Å². The standard InChI is InChI=1S/C21H26N2.2BrH.Cu/c1-14-9-16(3)20(17(4)10-14)22-7-8-23(13-22)21-18(5)11-15(2)12-19(21)6;;;/h7-12H,13H2,1-6H3;2*1H;/q;;;+2/p-2. The Balaban J connectivity index is 0.00000208. The molecule has 1 heterocycles. The maximum Gasteiger partial charge on any atom is 2.00 e. The molecule has 0 unspecified atom stereocenters. The zero-order chi connectivity index (χ0) is 16.7. The minimum atomic E-state index is 0. The van der Waals surface area contributed by atoms with E-state index in [1.807, 2.05) is 0 Å². The largest absolute Gasteiger partial charge is 2.00 e. The number of hydrogen-bond acceptors (Lipinski definition) is 2. The van der Waals surface area contributed by atoms with Gasteiger partial charge in [0.25, 0.3) is 0 Å². The van der Waals surface area contributed by atoms with Gasteiger partial charge in [-0.15, -0.1) is 0 Å². The molecule has 0 atom stereocenters. The molecule has 0 fully saturated rings. The second-order valence-electron chi connectivity index (χ2n) is 6.87. The van der Waals surface area contributed by atoms with E-state index in [0.717, 1.165) is 6.67 Å². The van der Waals surface area contributed by atoms with Crippen LogP contribution in [0.2, 0.25) is 0 Å². The van der Waals surface area contributed by atoms with E-state index in [1.54, 1.807) is 0 Å². The zero-order valence-electron chi connectivity index (χ0n) is 16.1. The van der Waals surface area contributed by atoms with E-state index in [4.69, 9.17) is 0 Å². The van der Waals surface area contributed by atoms with Crippen LogP contribution in [0, 0.1) is 41.5 Å². The molecule has 0 bridgehead atoms. The number of nitrogens with zero attached hydrogens (tertiary/aromatic N) is 2. The second kappa shape index (κ2) is 9.98. The summed E-state index contributed by atoms with van der Waals surface area (Å²) in [5.74, 6) is 0. The summed E-state index contributed by atoms with van der Waals surface area (Å²) in [4.78, 5) is 4.70. The van der Waals surface area contributed by atoms with Crippen molar-refractivity contribution in [1.82, 2.24) is 0 Å². The van der Waals surface area contributed by atoms with E-state index in [1.165, 1.54) is 44.8 Å². The van der Waals surface area contributed by atoms with E-state index in [0.29, 0.717) is 0 Å². The summed E-state index contributed by atoms with van der Waals surface area (Å²) < 4.78 is 0. The number of halogens is 2. The van der Waals surface area contributed by atoms with Crippen molar-refractivity contribution in [2.45, 2.75) is 41.5 Å². The molecule has 1 radical (unpaired) electrons. The third kappa shape index (κ3) is 4.95. The maximum absolute atomic E-state index is 2.35. The van der Waals surface area contributed by atoms with Crippen molar-refractivity contribution in [3.05, 3.63) is 70.0 Å². The van der Waals surface area contributed by atoms with Gasteiger partial charge in [-0.05, 0) is 63.8 Å². The van der Waals surface area contributed by atoms with Crippen LogP contribution in [0.4, 0.5) is 11.4 Å². The Morgan fingerprint density at radius 3 is 1.12 bits per heavy atom. The van der Waals surface area contributed by atoms with E-state index in [-0.39, 0.29) is 51.0 Å². The van der Waals surface area contributed by atoms with Gasteiger partial charge in [0.05, 0.1) is 6.67 Å². The molecule has 0 spiro atoms. The van der Waals surface area contributed by atoms with E-state index >= 15 is 0 Å². The van der Waals surface area contributed by atoms with E-state index < -0.39 is 0 Å². The first kappa shape index (κ1) is 25.3. The molecule has 0 N–H and O–H groups in total. The van der Waals surface area contributed by atoms with Crippen LogP contribution in [0.25, 0.3) is 0 Å². The average molecular weight is 530 g/mol. The third-order valence-electron chi connectivity index (χ3n) is 4.58. The topological polar surface area (TPSA) is 6.48 Å². The van der Waals surface area contributed by atoms with Crippen LogP contribution >= 0.6 is 0 Å². The van der Waals surface area contributed by atoms with Crippen molar-refractivity contribution >= 4 is 11.4 Å². The zero-order valence-corrected chi connectivity index (χ0v) is 20.2. The minimum absolute atomic E-state index is 0. The fourth-order valence-electron chi connectivity index (χ4n) is 3.96. The molecule has 0 saturated carbocycles. The Labute approximate surface area is 189 Å². The maximum atomic E-state index is 2.35. The Hall–Kier alpha value is -0.741. The monoisotopic (exact) mass is 527 g/mol. The molecule has 2 aromatic carbocycles. The Morgan fingerprint density at radius 1 is 0.577 bits per heavy atom. The van der Waals surface area contributed by atoms with Crippen LogP contribution in [0.3, 0.4) is 0 Å². The van der Waals surface area contributed by atoms with E-state index in [9.17, 15) is 0 Å². The molecule has 0 saturated heterocycles. The van der Waals surface area contributed by atoms with Crippen molar-refractivity contribution in [3.63, 3.8) is 0 Å². The van der Waals surface area contributed by atoms with Gasteiger partial charge in [-0.1, -0.05) is 35.4 Å². The van der Waals surface area contributed by atoms with Gasteiger partial charge in [-0.2, -0.15) is 0 Å². The first-order valence-electron chi connectivity index (χ1n) is 8.24. The average Bonchev–Trinajstić information content (AvgIpc) is 2.85. The fraction of sp³-hybridized carbons (Fsp3) is 0.333. The summed E-state index contributed by atoms with van der Waals surface area (Å²) >= 11 is 0. The molecule has 0 amide bonds. The Bertz CT molecular complexity index is 691. The Kier molecular flexibility index (Phi) is 9.70. The number of benzene rings is 2. The van der Waals surface area contributed by atoms with Gasteiger partial charge in [-0.25, -0.2) is 0 Å². The molecular formula is C21H26Br2CuN2. The molecule has 3 rings (SSSR count). The molecule has 2 nitrogen and oxygen atoms in total. The molecule has 2 aromatic rings. The predicted octanol–water partition coefficient (Wildman–Crippen LogP) is -0.702. The first-order valence-corrected chi connectivity index (χ1v) is 8.24. The van der Waals surface area contributed by atoms with E-state index in [2.05, 4.69) is 88.0 Å². The minimum Gasteiger partial charge on any atom is -1.00 e. The van der Waals surface area contributed by atoms with Gasteiger partial charge in [0.1, 0.15) is 0 Å². The van der Waals surface area contributed by atoms with Crippen LogP contribution < -0.4 is 43.8 Å². The molecule has 1 aliphatic rings. The molecule has 0 aromatic heterocycles. The van der Waals surface area contributed by atoms with Crippen LogP contribution in [-0.2, 0) is 17.1 Å². The first-order chi connectivity index (χ1) is 10.9. The van der Waals surface area contributed by atoms with Gasteiger partial charge in [0.15, 0.2) is 0 Å². The number of aryl methyl sites for hydroxylation is 6. The number of hydrogen-bond donors (Lipinski definition) is 0. The van der Waals surface area contributed by atoms with Crippen molar-refractivity contribution in [3.8, 4) is 0 Å². The summed E-state index contributed by atoms with van der Waals surface area (Å²) in [6.07, 6.45) is 4.40. The number of rotatable bonds is 2. The van der Waals surface area contributed by atoms with Crippen LogP contribution in [0.1, 0.15) is 33.4 Å². The summed E-state index contributed by atoms with van der Waals surface area (Å²) in [5, 5.41) is 0. The molecule has 145 valence electrons. The number of anilines is 2. The Morgan fingerprint density at radius 2 is 0.846 bits per heavy atom. The van der Waals surface area contributed by atoms with Gasteiger partial charge in [-0.3, -0.25) is 0 Å². The van der Waals surface area contributed by atoms with Gasteiger partial charge in [0.2, 0.25) is 0 Å². The molecule has 1 aliphatic heterocycles. The summed E-state index contributed by atoms with van der Waals surface area (Å²) in [5.41, 5.74) is 10.7. The van der Waals surface area contributed by atoms with Crippen molar-refractivity contribution in [2.24, 2.45) is 0 Å². The van der Waals surface area contributed by atoms with Crippen LogP contribution in [0.15, 0.2) is 36.7 Å². The SMILES string of the molecule is Cc1cc(C)c(N2C=CN(c3c(C)cc(C)cc3C)C2)c(C)c1.[Br-].[Br-].[Cu+2]. The predicted molar refractivity (Wildman–Crippen MR) is 100 cm³/mol. The normalized spacial score (nSPS) is 12.4. The van der Waals surface area contributed by atoms with Gasteiger partial charge in [0, 0.05) is 23.8 Å². The quantitative estimate of drug-likeness (QED) is 0.475. The molecule has 5 heteroatoms. The van der Waals surface area contributed by atoms with Crippen molar-refractivity contribution in [2.75, 3.05) is 16.5 Å². The van der Waals surface area contributed by atoms with Gasteiger partial charge >= 0.3 is 17.1 Å². The van der Waals surface area contributed by atoms with Crippen molar-refractivity contribution in [1.29, 1.82) is 0 Å². The van der Waals surface area contributed by atoms with Gasteiger partial charge < -0.3 is 43.8 Å². The molecule has 26 heavy (non-hydrogen) atoms. The van der Waals surface area contributed by atoms with Crippen LogP contribution in [0.5, 0.6) is 0 Å². The molecular weight excluding hydrogens is 504 g/mol. The summed E-state index contributed by atoms with van der Waals surface area (Å²) in [6, 6.07) is 9.06. The third-order valence-corrected chi connectivity index (χ3v) is 4.58. The second-order valence-corrected chi connectivity index (χ2v) is 6.87. The van der Waals surface area contributed by atoms with Crippen molar-refractivity contribution < 1.29 is 51.0 Å². The smallest absolute Gasteiger partial charge is 1.00 e. The fourth-order valence-corrected chi connectivity index (χ4v) is 3.96. The molecule has 0 aliphatic carbocycles. The summed E-state index contributed by atoms with van der Waals surface area (Å²) in [6.45, 7) is 14.0. The summed E-state index contributed by atoms with van der Waals surface area (Å²) in [7, 11) is 0.